The number of nitrogens with one attached hydrogen (secondary N) is 3. The highest BCUT2D eigenvalue weighted by atomic mass is 35.5. The predicted molar refractivity (Wildman–Crippen MR) is 199 cm³/mol. The maximum atomic E-state index is 14.6. The maximum Gasteiger partial charge on any atom is 0.408 e. The zero-order valence-corrected chi connectivity index (χ0v) is 33.0. The van der Waals surface area contributed by atoms with Gasteiger partial charge in [-0.25, -0.2) is 14.5 Å². The minimum atomic E-state index is -4.39. The first-order valence-corrected chi connectivity index (χ1v) is 19.5. The normalized spacial score (nSPS) is 23.2. The number of nitrogens with zero attached hydrogens (tertiary/aromatic N) is 5. The van der Waals surface area contributed by atoms with Gasteiger partial charge in [0.2, 0.25) is 11.7 Å². The number of carbonyl (C=O) groups excluding carboxylic acids is 4. The molecule has 0 saturated heterocycles. The van der Waals surface area contributed by atoms with Crippen molar-refractivity contribution in [3.8, 4) is 11.4 Å². The average Bonchev–Trinajstić information content (AvgIpc) is 3.38. The van der Waals surface area contributed by atoms with Crippen molar-refractivity contribution in [1.29, 1.82) is 0 Å². The monoisotopic (exact) mass is 782 g/mol. The van der Waals surface area contributed by atoms with E-state index in [0.29, 0.717) is 17.0 Å². The van der Waals surface area contributed by atoms with Crippen LogP contribution < -0.4 is 15.4 Å². The molecular formula is C37H47ClN8O7S. The molecule has 2 aromatic heterocycles. The van der Waals surface area contributed by atoms with E-state index in [2.05, 4.69) is 42.3 Å². The Morgan fingerprint density at radius 2 is 1.80 bits per heavy atom. The van der Waals surface area contributed by atoms with E-state index in [9.17, 15) is 27.6 Å². The van der Waals surface area contributed by atoms with Crippen LogP contribution in [0.2, 0.25) is 5.02 Å². The van der Waals surface area contributed by atoms with E-state index in [-0.39, 0.29) is 30.1 Å². The Hall–Kier alpha value is -4.70. The zero-order valence-electron chi connectivity index (χ0n) is 31.4. The van der Waals surface area contributed by atoms with Crippen LogP contribution in [0.4, 0.5) is 4.79 Å². The van der Waals surface area contributed by atoms with Crippen molar-refractivity contribution in [1.82, 2.24) is 40.5 Å². The number of amides is 3. The predicted octanol–water partition coefficient (Wildman–Crippen LogP) is 4.73. The number of sulfonamides is 1. The van der Waals surface area contributed by atoms with Gasteiger partial charge in [-0.2, -0.15) is 13.2 Å². The van der Waals surface area contributed by atoms with Crippen LogP contribution in [0.5, 0.6) is 0 Å². The van der Waals surface area contributed by atoms with Gasteiger partial charge in [0.15, 0.2) is 10.8 Å². The number of aromatic nitrogens is 5. The molecule has 6 atom stereocenters. The summed E-state index contributed by atoms with van der Waals surface area (Å²) in [6, 6.07) is 8.10. The largest absolute Gasteiger partial charge is 0.444 e. The van der Waals surface area contributed by atoms with Gasteiger partial charge < -0.3 is 15.4 Å². The Bertz CT molecular complexity index is 2040. The molecule has 2 fully saturated rings. The molecule has 1 aromatic carbocycles. The Labute approximate surface area is 320 Å². The fourth-order valence-corrected chi connectivity index (χ4v) is 7.93. The number of aryl methyl sites for hydroxylation is 1. The molecule has 54 heavy (non-hydrogen) atoms. The third kappa shape index (κ3) is 9.14. The summed E-state index contributed by atoms with van der Waals surface area (Å²) in [7, 11) is -4.39. The van der Waals surface area contributed by atoms with Crippen LogP contribution in [0.1, 0.15) is 78.8 Å². The van der Waals surface area contributed by atoms with E-state index in [1.807, 2.05) is 0 Å². The third-order valence-electron chi connectivity index (χ3n) is 9.58. The van der Waals surface area contributed by atoms with Gasteiger partial charge in [0, 0.05) is 28.6 Å². The molecule has 3 N–H and O–H groups in total. The van der Waals surface area contributed by atoms with Crippen molar-refractivity contribution in [2.75, 3.05) is 0 Å². The number of rotatable bonds is 12. The van der Waals surface area contributed by atoms with Gasteiger partial charge in [-0.05, 0) is 93.7 Å². The molecule has 2 aliphatic rings. The lowest BCUT2D eigenvalue weighted by atomic mass is 9.77. The van der Waals surface area contributed by atoms with Gasteiger partial charge in [-0.3, -0.25) is 14.4 Å². The summed E-state index contributed by atoms with van der Waals surface area (Å²) < 4.78 is 34.0. The summed E-state index contributed by atoms with van der Waals surface area (Å²) in [6.07, 6.45) is 2.80. The van der Waals surface area contributed by atoms with Gasteiger partial charge in [0.1, 0.15) is 11.1 Å². The SMILES string of the molecule is C=CC[C@@H]1C[C@@]1(NC(=O)[C@@H]1C[C@@H](n2nnc(-c3cccc(Cl)c3)n2)CC1C(=O)C(NC(=O)OC(C)(C)C)C(C)(C)C)C(=O)NS(=O)(=O)c1ccc(C)cn1. The van der Waals surface area contributed by atoms with Gasteiger partial charge >= 0.3 is 6.09 Å². The molecule has 15 nitrogen and oxygen atoms in total. The molecule has 0 spiro atoms. The van der Waals surface area contributed by atoms with Gasteiger partial charge in [-0.15, -0.1) is 16.8 Å². The smallest absolute Gasteiger partial charge is 0.408 e. The third-order valence-corrected chi connectivity index (χ3v) is 11.1. The molecule has 290 valence electrons. The quantitative estimate of drug-likeness (QED) is 0.214. The summed E-state index contributed by atoms with van der Waals surface area (Å²) in [5, 5.41) is 18.7. The number of hydrogen-bond acceptors (Lipinski definition) is 11. The molecule has 2 saturated carbocycles. The number of allylic oxidation sites excluding steroid dienone is 1. The number of benzene rings is 1. The van der Waals surface area contributed by atoms with Crippen LogP contribution in [0.25, 0.3) is 11.4 Å². The van der Waals surface area contributed by atoms with E-state index in [1.54, 1.807) is 84.9 Å². The standard InChI is InChI=1S/C37H47ClN8O7S/c1-9-11-23-19-37(23,33(49)44-54(51,52)28-15-14-21(2)20-39-28)41-32(48)27-18-25(46-43-31(42-45-46)22-12-10-13-24(38)16-22)17-26(27)29(47)30(35(3,4)5)40-34(50)53-36(6,7)8/h9-10,12-16,20,23,25-27,30H,1,11,17-19H2,2-8H3,(H,40,50)(H,41,48)(H,44,49)/t23-,25+,26?,27-,30?,37+/m1/s1. The zero-order chi connectivity index (χ0) is 39.8. The van der Waals surface area contributed by atoms with E-state index in [0.717, 1.165) is 5.56 Å². The molecule has 0 bridgehead atoms. The highest BCUT2D eigenvalue weighted by Gasteiger charge is 2.62. The first-order valence-electron chi connectivity index (χ1n) is 17.6. The summed E-state index contributed by atoms with van der Waals surface area (Å²) in [6.45, 7) is 16.0. The van der Waals surface area contributed by atoms with Crippen molar-refractivity contribution in [3.63, 3.8) is 0 Å². The second kappa shape index (κ2) is 15.2. The first-order chi connectivity index (χ1) is 25.1. The lowest BCUT2D eigenvalue weighted by Crippen LogP contribution is -2.56. The van der Waals surface area contributed by atoms with E-state index < -0.39 is 80.1 Å². The van der Waals surface area contributed by atoms with E-state index >= 15 is 0 Å². The number of ketones is 1. The highest BCUT2D eigenvalue weighted by Crippen LogP contribution is 2.48. The number of halogens is 1. The summed E-state index contributed by atoms with van der Waals surface area (Å²) >= 11 is 6.18. The fraction of sp³-hybridized carbons (Fsp3) is 0.514. The van der Waals surface area contributed by atoms with Crippen LogP contribution in [0, 0.1) is 30.1 Å². The molecule has 2 heterocycles. The number of ether oxygens (including phenoxy) is 1. The van der Waals surface area contributed by atoms with Crippen LogP contribution in [-0.4, -0.2) is 74.5 Å². The molecule has 5 rings (SSSR count). The maximum absolute atomic E-state index is 14.6. The van der Waals surface area contributed by atoms with Crippen LogP contribution >= 0.6 is 11.6 Å². The van der Waals surface area contributed by atoms with Crippen LogP contribution in [0.15, 0.2) is 60.3 Å². The molecule has 2 unspecified atom stereocenters. The molecule has 3 amide bonds. The number of tetrazole rings is 1. The average molecular weight is 783 g/mol. The number of alkyl carbamates (subject to hydrolysis) is 1. The molecular weight excluding hydrogens is 736 g/mol. The Morgan fingerprint density at radius 1 is 1.09 bits per heavy atom. The Morgan fingerprint density at radius 3 is 2.41 bits per heavy atom. The first kappa shape index (κ1) is 40.5. The van der Waals surface area contributed by atoms with Crippen molar-refractivity contribution >= 4 is 45.3 Å². The molecule has 0 radical (unpaired) electrons. The summed E-state index contributed by atoms with van der Waals surface area (Å²) in [5.74, 6) is -4.16. The molecule has 2 aliphatic carbocycles. The highest BCUT2D eigenvalue weighted by molar-refractivity contribution is 7.90. The molecule has 3 aromatic rings. The molecule has 0 aliphatic heterocycles. The number of hydrogen-bond donors (Lipinski definition) is 3. The second-order valence-corrected chi connectivity index (χ2v) is 18.2. The van der Waals surface area contributed by atoms with Crippen molar-refractivity contribution in [3.05, 3.63) is 65.8 Å². The number of Topliss-reactive ketones (excluding diaryl/α,β-unsaturated/α-hetero) is 1. The van der Waals surface area contributed by atoms with Gasteiger partial charge in [0.25, 0.3) is 15.9 Å². The topological polar surface area (TPSA) is 204 Å². The lowest BCUT2D eigenvalue weighted by molar-refractivity contribution is -0.137. The summed E-state index contributed by atoms with van der Waals surface area (Å²) in [5.41, 5.74) is -1.89. The number of pyridine rings is 1. The van der Waals surface area contributed by atoms with Crippen molar-refractivity contribution in [2.45, 2.75) is 102 Å². The van der Waals surface area contributed by atoms with E-state index in [4.69, 9.17) is 16.3 Å². The van der Waals surface area contributed by atoms with Crippen molar-refractivity contribution in [2.24, 2.45) is 23.2 Å². The minimum absolute atomic E-state index is 0.0757. The minimum Gasteiger partial charge on any atom is -0.444 e. The number of carbonyl (C=O) groups is 4. The lowest BCUT2D eigenvalue weighted by Gasteiger charge is -2.34. The van der Waals surface area contributed by atoms with Crippen molar-refractivity contribution < 1.29 is 32.3 Å². The van der Waals surface area contributed by atoms with Crippen LogP contribution in [-0.2, 0) is 29.1 Å². The Kier molecular flexibility index (Phi) is 11.4. The summed E-state index contributed by atoms with van der Waals surface area (Å²) in [4.78, 5) is 61.1. The fourth-order valence-electron chi connectivity index (χ4n) is 6.78. The second-order valence-electron chi connectivity index (χ2n) is 16.1. The molecule has 17 heteroatoms. The van der Waals surface area contributed by atoms with Gasteiger partial charge in [0.05, 0.1) is 12.1 Å². The Balaban J connectivity index is 1.46. The van der Waals surface area contributed by atoms with E-state index in [1.165, 1.54) is 17.1 Å². The van der Waals surface area contributed by atoms with Gasteiger partial charge in [-0.1, -0.05) is 56.6 Å². The van der Waals surface area contributed by atoms with Crippen LogP contribution in [0.3, 0.4) is 0 Å².